The summed E-state index contributed by atoms with van der Waals surface area (Å²) in [6, 6.07) is 0. The number of ether oxygens (including phenoxy) is 4. The van der Waals surface area contributed by atoms with Crippen LogP contribution in [0.15, 0.2) is 0 Å². The largest absolute Gasteiger partial charge is 0.479 e. The molecule has 0 aromatic rings. The Balaban J connectivity index is 2.15. The summed E-state index contributed by atoms with van der Waals surface area (Å²) in [6.07, 6.45) is -3.83. The van der Waals surface area contributed by atoms with Gasteiger partial charge in [-0.15, -0.1) is 0 Å². The molecule has 110 valence electrons. The van der Waals surface area contributed by atoms with Crippen LogP contribution < -0.4 is 0 Å². The van der Waals surface area contributed by atoms with Crippen molar-refractivity contribution in [1.82, 2.24) is 0 Å². The number of carboxylic acids is 1. The molecule has 4 atom stereocenters. The smallest absolute Gasteiger partial charge is 0.335 e. The molecule has 2 aliphatic heterocycles. The van der Waals surface area contributed by atoms with E-state index < -0.39 is 42.0 Å². The minimum atomic E-state index is -1.67. The van der Waals surface area contributed by atoms with Crippen molar-refractivity contribution in [2.24, 2.45) is 0 Å². The van der Waals surface area contributed by atoms with E-state index in [-0.39, 0.29) is 6.61 Å². The van der Waals surface area contributed by atoms with Crippen molar-refractivity contribution in [2.45, 2.75) is 63.7 Å². The second-order valence-electron chi connectivity index (χ2n) is 5.71. The molecule has 0 amide bonds. The third kappa shape index (κ3) is 3.06. The molecule has 0 bridgehead atoms. The fourth-order valence-electron chi connectivity index (χ4n) is 2.37. The highest BCUT2D eigenvalue weighted by Gasteiger charge is 2.53. The summed E-state index contributed by atoms with van der Waals surface area (Å²) in [5.41, 5.74) is 0. The van der Waals surface area contributed by atoms with Gasteiger partial charge in [-0.2, -0.15) is 0 Å². The van der Waals surface area contributed by atoms with Crippen molar-refractivity contribution in [3.8, 4) is 0 Å². The first-order chi connectivity index (χ1) is 8.61. The second kappa shape index (κ2) is 4.68. The Bertz CT molecular complexity index is 365. The molecule has 2 heterocycles. The van der Waals surface area contributed by atoms with E-state index in [0.717, 1.165) is 0 Å². The number of aliphatic hydroxyl groups is 1. The monoisotopic (exact) mass is 276 g/mol. The van der Waals surface area contributed by atoms with Crippen LogP contribution in [-0.4, -0.2) is 58.8 Å². The van der Waals surface area contributed by atoms with Gasteiger partial charge in [-0.05, 0) is 27.7 Å². The van der Waals surface area contributed by atoms with Crippen molar-refractivity contribution in [1.29, 1.82) is 0 Å². The van der Waals surface area contributed by atoms with Crippen molar-refractivity contribution in [2.75, 3.05) is 6.61 Å². The van der Waals surface area contributed by atoms with Crippen LogP contribution in [-0.2, 0) is 23.7 Å². The zero-order valence-electron chi connectivity index (χ0n) is 11.5. The van der Waals surface area contributed by atoms with Gasteiger partial charge in [0, 0.05) is 0 Å². The van der Waals surface area contributed by atoms with Gasteiger partial charge >= 0.3 is 5.97 Å². The number of aliphatic carboxylic acids is 1. The summed E-state index contributed by atoms with van der Waals surface area (Å²) in [6.45, 7) is 7.11. The van der Waals surface area contributed by atoms with Crippen LogP contribution in [0.4, 0.5) is 0 Å². The molecule has 0 aromatic carbocycles. The average Bonchev–Trinajstić information content (AvgIpc) is 2.77. The molecule has 19 heavy (non-hydrogen) atoms. The van der Waals surface area contributed by atoms with Gasteiger partial charge in [0.1, 0.15) is 18.3 Å². The first-order valence-corrected chi connectivity index (χ1v) is 6.20. The molecule has 2 rings (SSSR count). The maximum Gasteiger partial charge on any atom is 0.335 e. The highest BCUT2D eigenvalue weighted by atomic mass is 16.8. The Kier molecular flexibility index (Phi) is 3.61. The van der Waals surface area contributed by atoms with Crippen molar-refractivity contribution in [3.05, 3.63) is 0 Å². The van der Waals surface area contributed by atoms with Crippen LogP contribution in [0.25, 0.3) is 0 Å². The number of carboxylic acid groups (broad SMARTS) is 1. The highest BCUT2D eigenvalue weighted by molar-refractivity contribution is 5.73. The van der Waals surface area contributed by atoms with Gasteiger partial charge in [0.2, 0.25) is 0 Å². The molecule has 2 N–H and O–H groups in total. The topological polar surface area (TPSA) is 94.5 Å². The predicted molar refractivity (Wildman–Crippen MR) is 62.4 cm³/mol. The van der Waals surface area contributed by atoms with E-state index >= 15 is 0 Å². The maximum absolute atomic E-state index is 10.9. The Labute approximate surface area is 111 Å². The molecule has 0 radical (unpaired) electrons. The standard InChI is InChI=1S/C12H20O7/c1-11(2)16-5-6(17-11)8-9(7(13)10(14)15)19-12(3,4)18-8/h6-9,13H,5H2,1-4H3,(H,14,15)/t6-,7-,8+,9+/m1/s1. The van der Waals surface area contributed by atoms with Crippen LogP contribution >= 0.6 is 0 Å². The van der Waals surface area contributed by atoms with E-state index in [9.17, 15) is 9.90 Å². The normalized spacial score (nSPS) is 38.3. The van der Waals surface area contributed by atoms with Crippen LogP contribution in [0.1, 0.15) is 27.7 Å². The quantitative estimate of drug-likeness (QED) is 0.755. The maximum atomic E-state index is 10.9. The fraction of sp³-hybridized carbons (Fsp3) is 0.917. The third-order valence-corrected chi connectivity index (χ3v) is 3.12. The zero-order valence-corrected chi connectivity index (χ0v) is 11.5. The lowest BCUT2D eigenvalue weighted by molar-refractivity contribution is -0.176. The van der Waals surface area contributed by atoms with Crippen LogP contribution in [0.2, 0.25) is 0 Å². The summed E-state index contributed by atoms with van der Waals surface area (Å²) in [5, 5.41) is 18.6. The second-order valence-corrected chi connectivity index (χ2v) is 5.71. The molecule has 0 saturated carbocycles. The van der Waals surface area contributed by atoms with Gasteiger partial charge in [0.05, 0.1) is 6.61 Å². The summed E-state index contributed by atoms with van der Waals surface area (Å²) in [7, 11) is 0. The molecular weight excluding hydrogens is 256 g/mol. The Morgan fingerprint density at radius 3 is 2.26 bits per heavy atom. The minimum Gasteiger partial charge on any atom is -0.479 e. The SMILES string of the molecule is CC1(C)O[C@@H]([C@H]2COC(C)(C)O2)[C@H]([C@@H](O)C(=O)O)O1. The number of aliphatic hydroxyl groups excluding tert-OH is 1. The third-order valence-electron chi connectivity index (χ3n) is 3.12. The molecule has 2 saturated heterocycles. The van der Waals surface area contributed by atoms with E-state index in [1.165, 1.54) is 0 Å². The van der Waals surface area contributed by atoms with Gasteiger partial charge in [-0.1, -0.05) is 0 Å². The molecule has 7 nitrogen and oxygen atoms in total. The van der Waals surface area contributed by atoms with E-state index in [2.05, 4.69) is 0 Å². The van der Waals surface area contributed by atoms with E-state index in [1.54, 1.807) is 27.7 Å². The molecular formula is C12H20O7. The number of hydrogen-bond acceptors (Lipinski definition) is 6. The lowest BCUT2D eigenvalue weighted by Gasteiger charge is -2.24. The Morgan fingerprint density at radius 1 is 1.16 bits per heavy atom. The number of hydrogen-bond donors (Lipinski definition) is 2. The minimum absolute atomic E-state index is 0.264. The van der Waals surface area contributed by atoms with Crippen molar-refractivity contribution in [3.63, 3.8) is 0 Å². The number of rotatable bonds is 3. The lowest BCUT2D eigenvalue weighted by atomic mass is 10.0. The average molecular weight is 276 g/mol. The molecule has 2 fully saturated rings. The summed E-state index contributed by atoms with van der Waals surface area (Å²) in [4.78, 5) is 10.9. The van der Waals surface area contributed by atoms with E-state index in [1.807, 2.05) is 0 Å². The predicted octanol–water partition coefficient (Wildman–Crippen LogP) is 0.103. The first-order valence-electron chi connectivity index (χ1n) is 6.20. The molecule has 0 spiro atoms. The van der Waals surface area contributed by atoms with Crippen LogP contribution in [0, 0.1) is 0 Å². The van der Waals surface area contributed by atoms with Crippen LogP contribution in [0.3, 0.4) is 0 Å². The molecule has 0 aromatic heterocycles. The summed E-state index contributed by atoms with van der Waals surface area (Å²) in [5.74, 6) is -3.07. The first kappa shape index (κ1) is 14.7. The summed E-state index contributed by atoms with van der Waals surface area (Å²) >= 11 is 0. The van der Waals surface area contributed by atoms with E-state index in [4.69, 9.17) is 24.1 Å². The Morgan fingerprint density at radius 2 is 1.79 bits per heavy atom. The number of carbonyl (C=O) groups is 1. The fourth-order valence-corrected chi connectivity index (χ4v) is 2.37. The molecule has 0 aliphatic carbocycles. The van der Waals surface area contributed by atoms with Gasteiger partial charge in [-0.3, -0.25) is 0 Å². The lowest BCUT2D eigenvalue weighted by Crippen LogP contribution is -2.46. The van der Waals surface area contributed by atoms with E-state index in [0.29, 0.717) is 0 Å². The highest BCUT2D eigenvalue weighted by Crippen LogP contribution is 2.36. The van der Waals surface area contributed by atoms with Gasteiger partial charge in [0.25, 0.3) is 0 Å². The van der Waals surface area contributed by atoms with Crippen molar-refractivity contribution < 1.29 is 34.0 Å². The zero-order chi connectivity index (χ0) is 14.4. The molecule has 7 heteroatoms. The van der Waals surface area contributed by atoms with Gasteiger partial charge in [-0.25, -0.2) is 4.79 Å². The van der Waals surface area contributed by atoms with Crippen LogP contribution in [0.5, 0.6) is 0 Å². The molecule has 0 unspecified atom stereocenters. The Hall–Kier alpha value is -0.730. The molecule has 2 aliphatic rings. The van der Waals surface area contributed by atoms with Gasteiger partial charge in [0.15, 0.2) is 17.7 Å². The van der Waals surface area contributed by atoms with Gasteiger partial charge < -0.3 is 29.2 Å². The van der Waals surface area contributed by atoms with Crippen molar-refractivity contribution >= 4 is 5.97 Å². The summed E-state index contributed by atoms with van der Waals surface area (Å²) < 4.78 is 22.2.